The molecule has 0 aliphatic carbocycles. The number of fused-ring (bicyclic) bond motifs is 1. The van der Waals surface area contributed by atoms with Gasteiger partial charge in [0.2, 0.25) is 5.91 Å². The van der Waals surface area contributed by atoms with Crippen molar-refractivity contribution in [1.82, 2.24) is 0 Å². The molecule has 3 aromatic carbocycles. The molecule has 2 aliphatic rings. The Bertz CT molecular complexity index is 1120. The Morgan fingerprint density at radius 2 is 1.57 bits per heavy atom. The molecule has 2 amide bonds. The predicted molar refractivity (Wildman–Crippen MR) is 110 cm³/mol. The quantitative estimate of drug-likeness (QED) is 0.582. The van der Waals surface area contributed by atoms with Crippen LogP contribution in [-0.2, 0) is 14.4 Å². The Morgan fingerprint density at radius 3 is 2.27 bits per heavy atom. The summed E-state index contributed by atoms with van der Waals surface area (Å²) in [5.74, 6) is -2.07. The van der Waals surface area contributed by atoms with Gasteiger partial charge in [-0.1, -0.05) is 41.9 Å². The first-order valence-electron chi connectivity index (χ1n) is 9.44. The molecule has 2 heterocycles. The average molecular weight is 423 g/mol. The van der Waals surface area contributed by atoms with Crippen molar-refractivity contribution in [3.63, 3.8) is 0 Å². The summed E-state index contributed by atoms with van der Waals surface area (Å²) in [6, 6.07) is 21.0. The van der Waals surface area contributed by atoms with E-state index in [0.29, 0.717) is 22.0 Å². The summed E-state index contributed by atoms with van der Waals surface area (Å²) >= 11 is 5.94. The second kappa shape index (κ2) is 7.23. The highest BCUT2D eigenvalue weighted by Crippen LogP contribution is 2.47. The van der Waals surface area contributed by atoms with Crippen LogP contribution < -0.4 is 9.96 Å². The maximum atomic E-state index is 14.0. The first kappa shape index (κ1) is 18.8. The number of rotatable bonds is 3. The van der Waals surface area contributed by atoms with Crippen LogP contribution in [0.3, 0.4) is 0 Å². The standard InChI is InChI=1S/C23H16ClFN2O3/c24-15-9-11-17(12-10-15)26-22(28)19-20(14-5-4-6-16(25)13-14)27(30-21(19)23(26)29)18-7-2-1-3-8-18/h1-13,19-21H/t19-,20+,21-/m1/s1. The maximum Gasteiger partial charge on any atom is 0.266 e. The van der Waals surface area contributed by atoms with Crippen molar-refractivity contribution in [2.45, 2.75) is 12.1 Å². The second-order valence-electron chi connectivity index (χ2n) is 7.20. The Morgan fingerprint density at radius 1 is 0.833 bits per heavy atom. The molecule has 0 aromatic heterocycles. The number of hydrogen-bond donors (Lipinski definition) is 0. The molecule has 3 atom stereocenters. The van der Waals surface area contributed by atoms with Gasteiger partial charge in [-0.25, -0.2) is 14.4 Å². The number of imide groups is 1. The van der Waals surface area contributed by atoms with Crippen molar-refractivity contribution < 1.29 is 18.8 Å². The number of para-hydroxylation sites is 1. The molecule has 5 rings (SSSR count). The van der Waals surface area contributed by atoms with Crippen molar-refractivity contribution in [1.29, 1.82) is 0 Å². The number of nitrogens with zero attached hydrogens (tertiary/aromatic N) is 2. The van der Waals surface area contributed by atoms with E-state index in [1.807, 2.05) is 30.3 Å². The number of anilines is 2. The highest BCUT2D eigenvalue weighted by Gasteiger charge is 2.60. The summed E-state index contributed by atoms with van der Waals surface area (Å²) in [6.45, 7) is 0. The molecule has 0 saturated carbocycles. The molecular weight excluding hydrogens is 407 g/mol. The molecule has 5 nitrogen and oxygen atoms in total. The number of halogens is 2. The van der Waals surface area contributed by atoms with E-state index < -0.39 is 29.8 Å². The highest BCUT2D eigenvalue weighted by atomic mass is 35.5. The third-order valence-electron chi connectivity index (χ3n) is 5.40. The van der Waals surface area contributed by atoms with Crippen molar-refractivity contribution in [3.8, 4) is 0 Å². The Hall–Kier alpha value is -3.22. The zero-order valence-corrected chi connectivity index (χ0v) is 16.4. The molecule has 150 valence electrons. The lowest BCUT2D eigenvalue weighted by Crippen LogP contribution is -2.37. The van der Waals surface area contributed by atoms with Crippen LogP contribution in [0.1, 0.15) is 11.6 Å². The van der Waals surface area contributed by atoms with Crippen molar-refractivity contribution in [2.75, 3.05) is 9.96 Å². The van der Waals surface area contributed by atoms with Crippen LogP contribution >= 0.6 is 11.6 Å². The lowest BCUT2D eigenvalue weighted by Gasteiger charge is -2.28. The first-order chi connectivity index (χ1) is 14.5. The average Bonchev–Trinajstić information content (AvgIpc) is 3.26. The lowest BCUT2D eigenvalue weighted by atomic mass is 9.90. The summed E-state index contributed by atoms with van der Waals surface area (Å²) in [7, 11) is 0. The van der Waals surface area contributed by atoms with Gasteiger partial charge in [0.1, 0.15) is 11.7 Å². The molecule has 2 saturated heterocycles. The van der Waals surface area contributed by atoms with Crippen LogP contribution in [0.4, 0.5) is 15.8 Å². The molecule has 0 spiro atoms. The van der Waals surface area contributed by atoms with Gasteiger partial charge in [-0.3, -0.25) is 14.4 Å². The van der Waals surface area contributed by atoms with Gasteiger partial charge in [0.25, 0.3) is 5.91 Å². The number of hydroxylamine groups is 1. The Balaban J connectivity index is 1.59. The molecule has 3 aromatic rings. The number of carbonyl (C=O) groups excluding carboxylic acids is 2. The van der Waals surface area contributed by atoms with Gasteiger partial charge in [0.15, 0.2) is 6.10 Å². The molecule has 0 bridgehead atoms. The normalized spacial score (nSPS) is 23.2. The molecule has 2 aliphatic heterocycles. The van der Waals surface area contributed by atoms with E-state index >= 15 is 0 Å². The fourth-order valence-corrected chi connectivity index (χ4v) is 4.21. The van der Waals surface area contributed by atoms with Crippen molar-refractivity contribution in [3.05, 3.63) is 95.3 Å². The van der Waals surface area contributed by atoms with E-state index in [9.17, 15) is 14.0 Å². The Kier molecular flexibility index (Phi) is 4.53. The second-order valence-corrected chi connectivity index (χ2v) is 7.64. The fraction of sp³-hybridized carbons (Fsp3) is 0.130. The fourth-order valence-electron chi connectivity index (χ4n) is 4.09. The highest BCUT2D eigenvalue weighted by molar-refractivity contribution is 6.31. The van der Waals surface area contributed by atoms with Gasteiger partial charge in [0.05, 0.1) is 17.4 Å². The van der Waals surface area contributed by atoms with Crippen LogP contribution in [0, 0.1) is 11.7 Å². The molecule has 0 N–H and O–H groups in total. The molecule has 2 fully saturated rings. The van der Waals surface area contributed by atoms with Crippen LogP contribution in [-0.4, -0.2) is 17.9 Å². The summed E-state index contributed by atoms with van der Waals surface area (Å²) in [6.07, 6.45) is -0.998. The van der Waals surface area contributed by atoms with Crippen LogP contribution in [0.5, 0.6) is 0 Å². The summed E-state index contributed by atoms with van der Waals surface area (Å²) in [5, 5.41) is 2.04. The van der Waals surface area contributed by atoms with Crippen molar-refractivity contribution in [2.24, 2.45) is 5.92 Å². The topological polar surface area (TPSA) is 49.9 Å². The van der Waals surface area contributed by atoms with E-state index in [4.69, 9.17) is 16.4 Å². The molecular formula is C23H16ClFN2O3. The van der Waals surface area contributed by atoms with E-state index in [0.717, 1.165) is 4.90 Å². The van der Waals surface area contributed by atoms with E-state index in [1.165, 1.54) is 12.1 Å². The van der Waals surface area contributed by atoms with Crippen LogP contribution in [0.25, 0.3) is 0 Å². The largest absolute Gasteiger partial charge is 0.273 e. The van der Waals surface area contributed by atoms with E-state index in [2.05, 4.69) is 0 Å². The van der Waals surface area contributed by atoms with Gasteiger partial charge in [0, 0.05) is 5.02 Å². The van der Waals surface area contributed by atoms with Crippen LogP contribution in [0.15, 0.2) is 78.9 Å². The first-order valence-corrected chi connectivity index (χ1v) is 9.82. The van der Waals surface area contributed by atoms with Crippen LogP contribution in [0.2, 0.25) is 5.02 Å². The molecule has 0 radical (unpaired) electrons. The van der Waals surface area contributed by atoms with Gasteiger partial charge in [-0.2, -0.15) is 0 Å². The zero-order chi connectivity index (χ0) is 20.8. The molecule has 30 heavy (non-hydrogen) atoms. The SMILES string of the molecule is O=C1[C@H]2[C@@H](ON(c3ccccc3)[C@H]2c2cccc(F)c2)C(=O)N1c1ccc(Cl)cc1. The minimum atomic E-state index is -0.998. The Labute approximate surface area is 177 Å². The van der Waals surface area contributed by atoms with E-state index in [-0.39, 0.29) is 5.91 Å². The smallest absolute Gasteiger partial charge is 0.266 e. The monoisotopic (exact) mass is 422 g/mol. The minimum Gasteiger partial charge on any atom is -0.273 e. The van der Waals surface area contributed by atoms with E-state index in [1.54, 1.807) is 41.5 Å². The lowest BCUT2D eigenvalue weighted by molar-refractivity contribution is -0.126. The predicted octanol–water partition coefficient (Wildman–Crippen LogP) is 4.53. The van der Waals surface area contributed by atoms with Gasteiger partial charge in [-0.05, 0) is 54.1 Å². The molecule has 0 unspecified atom stereocenters. The van der Waals surface area contributed by atoms with Gasteiger partial charge >= 0.3 is 0 Å². The minimum absolute atomic E-state index is 0.389. The van der Waals surface area contributed by atoms with Gasteiger partial charge in [-0.15, -0.1) is 0 Å². The zero-order valence-electron chi connectivity index (χ0n) is 15.6. The summed E-state index contributed by atoms with van der Waals surface area (Å²) < 4.78 is 14.0. The summed E-state index contributed by atoms with van der Waals surface area (Å²) in [5.41, 5.74) is 1.67. The number of amides is 2. The number of carbonyl (C=O) groups is 2. The maximum absolute atomic E-state index is 14.0. The third kappa shape index (κ3) is 2.96. The number of benzene rings is 3. The third-order valence-corrected chi connectivity index (χ3v) is 5.65. The summed E-state index contributed by atoms with van der Waals surface area (Å²) in [4.78, 5) is 33.7. The van der Waals surface area contributed by atoms with Crippen molar-refractivity contribution >= 4 is 34.8 Å². The number of hydrogen-bond acceptors (Lipinski definition) is 4. The van der Waals surface area contributed by atoms with Gasteiger partial charge < -0.3 is 0 Å². The molecule has 7 heteroatoms.